The molecule has 0 saturated carbocycles. The van der Waals surface area contributed by atoms with E-state index in [1.54, 1.807) is 0 Å². The van der Waals surface area contributed by atoms with Crippen molar-refractivity contribution in [2.75, 3.05) is 5.73 Å². The SMILES string of the molecule is Cc1ccn2c(N)c(C(C)c3ccccc3)nc2c1. The van der Waals surface area contributed by atoms with E-state index in [9.17, 15) is 0 Å². The van der Waals surface area contributed by atoms with Crippen LogP contribution in [0.2, 0.25) is 0 Å². The van der Waals surface area contributed by atoms with Crippen molar-refractivity contribution in [2.24, 2.45) is 0 Å². The second kappa shape index (κ2) is 4.43. The molecule has 0 radical (unpaired) electrons. The van der Waals surface area contributed by atoms with Gasteiger partial charge < -0.3 is 5.73 Å². The van der Waals surface area contributed by atoms with Crippen molar-refractivity contribution in [3.63, 3.8) is 0 Å². The van der Waals surface area contributed by atoms with Crippen LogP contribution in [0.4, 0.5) is 5.82 Å². The number of nitrogen functional groups attached to an aromatic ring is 1. The minimum atomic E-state index is 0.196. The van der Waals surface area contributed by atoms with Gasteiger partial charge in [0.05, 0.1) is 5.69 Å². The Kier molecular flexibility index (Phi) is 2.75. The molecule has 19 heavy (non-hydrogen) atoms. The van der Waals surface area contributed by atoms with E-state index in [0.717, 1.165) is 17.2 Å². The maximum atomic E-state index is 6.23. The zero-order valence-electron chi connectivity index (χ0n) is 11.2. The van der Waals surface area contributed by atoms with Gasteiger partial charge in [-0.2, -0.15) is 0 Å². The molecule has 2 N–H and O–H groups in total. The lowest BCUT2D eigenvalue weighted by Gasteiger charge is -2.09. The molecule has 0 amide bonds. The number of imidazole rings is 1. The first-order valence-electron chi connectivity index (χ1n) is 6.46. The molecule has 1 aromatic carbocycles. The summed E-state index contributed by atoms with van der Waals surface area (Å²) in [6.07, 6.45) is 1.98. The molecule has 0 spiro atoms. The summed E-state index contributed by atoms with van der Waals surface area (Å²) < 4.78 is 1.95. The summed E-state index contributed by atoms with van der Waals surface area (Å²) in [4.78, 5) is 4.69. The Balaban J connectivity index is 2.13. The topological polar surface area (TPSA) is 43.3 Å². The first kappa shape index (κ1) is 11.8. The first-order valence-corrected chi connectivity index (χ1v) is 6.46. The highest BCUT2D eigenvalue weighted by Crippen LogP contribution is 2.28. The van der Waals surface area contributed by atoms with Gasteiger partial charge in [-0.25, -0.2) is 4.98 Å². The second-order valence-corrected chi connectivity index (χ2v) is 4.95. The van der Waals surface area contributed by atoms with Gasteiger partial charge in [0.1, 0.15) is 11.5 Å². The van der Waals surface area contributed by atoms with Crippen molar-refractivity contribution in [1.29, 1.82) is 0 Å². The number of hydrogen-bond donors (Lipinski definition) is 1. The number of pyridine rings is 1. The summed E-state index contributed by atoms with van der Waals surface area (Å²) in [6, 6.07) is 14.4. The van der Waals surface area contributed by atoms with Gasteiger partial charge in [0.25, 0.3) is 0 Å². The fourth-order valence-corrected chi connectivity index (χ4v) is 2.40. The fourth-order valence-electron chi connectivity index (χ4n) is 2.40. The summed E-state index contributed by atoms with van der Waals surface area (Å²) in [5, 5.41) is 0. The van der Waals surface area contributed by atoms with Crippen LogP contribution in [-0.2, 0) is 0 Å². The minimum Gasteiger partial charge on any atom is -0.383 e. The maximum absolute atomic E-state index is 6.23. The summed E-state index contributed by atoms with van der Waals surface area (Å²) in [5.74, 6) is 0.924. The van der Waals surface area contributed by atoms with Gasteiger partial charge in [0.2, 0.25) is 0 Å². The summed E-state index contributed by atoms with van der Waals surface area (Å²) in [7, 11) is 0. The van der Waals surface area contributed by atoms with Crippen LogP contribution in [0.15, 0.2) is 48.7 Å². The molecule has 0 aliphatic rings. The molecule has 2 aromatic heterocycles. The molecular weight excluding hydrogens is 234 g/mol. The highest BCUT2D eigenvalue weighted by molar-refractivity contribution is 5.56. The molecule has 3 nitrogen and oxygen atoms in total. The van der Waals surface area contributed by atoms with Gasteiger partial charge in [-0.3, -0.25) is 4.40 Å². The van der Waals surface area contributed by atoms with Crippen molar-refractivity contribution in [2.45, 2.75) is 19.8 Å². The second-order valence-electron chi connectivity index (χ2n) is 4.95. The van der Waals surface area contributed by atoms with E-state index in [2.05, 4.69) is 37.0 Å². The zero-order chi connectivity index (χ0) is 13.4. The predicted octanol–water partition coefficient (Wildman–Crippen LogP) is 3.38. The summed E-state index contributed by atoms with van der Waals surface area (Å²) in [6.45, 7) is 4.20. The average Bonchev–Trinajstić information content (AvgIpc) is 2.75. The van der Waals surface area contributed by atoms with Gasteiger partial charge in [-0.15, -0.1) is 0 Å². The van der Waals surface area contributed by atoms with E-state index in [0.29, 0.717) is 0 Å². The van der Waals surface area contributed by atoms with E-state index < -0.39 is 0 Å². The molecule has 1 atom stereocenters. The third-order valence-corrected chi connectivity index (χ3v) is 3.56. The molecule has 0 bridgehead atoms. The minimum absolute atomic E-state index is 0.196. The van der Waals surface area contributed by atoms with Gasteiger partial charge in [-0.1, -0.05) is 37.3 Å². The molecule has 96 valence electrons. The molecule has 3 heteroatoms. The van der Waals surface area contributed by atoms with Crippen molar-refractivity contribution in [3.8, 4) is 0 Å². The Morgan fingerprint density at radius 3 is 2.63 bits per heavy atom. The molecule has 0 fully saturated rings. The zero-order valence-corrected chi connectivity index (χ0v) is 11.2. The van der Waals surface area contributed by atoms with Crippen LogP contribution in [0.3, 0.4) is 0 Å². The number of anilines is 1. The molecular formula is C16H17N3. The highest BCUT2D eigenvalue weighted by Gasteiger charge is 2.17. The van der Waals surface area contributed by atoms with Crippen LogP contribution in [0, 0.1) is 6.92 Å². The van der Waals surface area contributed by atoms with Crippen LogP contribution < -0.4 is 5.73 Å². The molecule has 0 aliphatic heterocycles. The number of hydrogen-bond acceptors (Lipinski definition) is 2. The lowest BCUT2D eigenvalue weighted by atomic mass is 9.98. The lowest BCUT2D eigenvalue weighted by molar-refractivity contribution is 0.889. The average molecular weight is 251 g/mol. The molecule has 2 heterocycles. The van der Waals surface area contributed by atoms with Crippen LogP contribution in [0.1, 0.15) is 29.7 Å². The monoisotopic (exact) mass is 251 g/mol. The van der Waals surface area contributed by atoms with Gasteiger partial charge in [0.15, 0.2) is 0 Å². The van der Waals surface area contributed by atoms with Crippen molar-refractivity contribution < 1.29 is 0 Å². The number of aromatic nitrogens is 2. The Labute approximate surface area is 112 Å². The molecule has 3 aromatic rings. The molecule has 0 aliphatic carbocycles. The summed E-state index contributed by atoms with van der Waals surface area (Å²) >= 11 is 0. The van der Waals surface area contributed by atoms with Gasteiger partial charge in [0, 0.05) is 12.1 Å². The quantitative estimate of drug-likeness (QED) is 0.758. The standard InChI is InChI=1S/C16H17N3/c1-11-8-9-19-14(10-11)18-15(16(19)17)12(2)13-6-4-3-5-7-13/h3-10,12H,17H2,1-2H3. The largest absolute Gasteiger partial charge is 0.383 e. The normalized spacial score (nSPS) is 12.7. The van der Waals surface area contributed by atoms with E-state index >= 15 is 0 Å². The Morgan fingerprint density at radius 1 is 1.16 bits per heavy atom. The van der Waals surface area contributed by atoms with E-state index in [1.165, 1.54) is 11.1 Å². The van der Waals surface area contributed by atoms with E-state index in [1.807, 2.05) is 34.9 Å². The number of nitrogens with two attached hydrogens (primary N) is 1. The Morgan fingerprint density at radius 2 is 1.89 bits per heavy atom. The predicted molar refractivity (Wildman–Crippen MR) is 78.3 cm³/mol. The van der Waals surface area contributed by atoms with Crippen molar-refractivity contribution in [1.82, 2.24) is 9.38 Å². The third-order valence-electron chi connectivity index (χ3n) is 3.56. The first-order chi connectivity index (χ1) is 9.16. The lowest BCUT2D eigenvalue weighted by Crippen LogP contribution is -2.01. The highest BCUT2D eigenvalue weighted by atomic mass is 15.1. The van der Waals surface area contributed by atoms with Crippen molar-refractivity contribution in [3.05, 3.63) is 65.5 Å². The van der Waals surface area contributed by atoms with Gasteiger partial charge in [-0.05, 0) is 30.2 Å². The number of fused-ring (bicyclic) bond motifs is 1. The Hall–Kier alpha value is -2.29. The maximum Gasteiger partial charge on any atom is 0.138 e. The molecule has 3 rings (SSSR count). The number of nitrogens with zero attached hydrogens (tertiary/aromatic N) is 2. The third kappa shape index (κ3) is 1.97. The number of rotatable bonds is 2. The van der Waals surface area contributed by atoms with Gasteiger partial charge >= 0.3 is 0 Å². The molecule has 1 unspecified atom stereocenters. The van der Waals surface area contributed by atoms with E-state index in [-0.39, 0.29) is 5.92 Å². The Bertz CT molecular complexity index is 713. The fraction of sp³-hybridized carbons (Fsp3) is 0.188. The molecule has 0 saturated heterocycles. The van der Waals surface area contributed by atoms with Crippen LogP contribution in [0.5, 0.6) is 0 Å². The van der Waals surface area contributed by atoms with Crippen LogP contribution in [-0.4, -0.2) is 9.38 Å². The van der Waals surface area contributed by atoms with Crippen molar-refractivity contribution >= 4 is 11.5 Å². The smallest absolute Gasteiger partial charge is 0.138 e. The number of benzene rings is 1. The van der Waals surface area contributed by atoms with Crippen LogP contribution in [0.25, 0.3) is 5.65 Å². The summed E-state index contributed by atoms with van der Waals surface area (Å²) in [5.41, 5.74) is 10.5. The number of aryl methyl sites for hydroxylation is 1. The van der Waals surface area contributed by atoms with Crippen LogP contribution >= 0.6 is 0 Å². The van der Waals surface area contributed by atoms with E-state index in [4.69, 9.17) is 5.73 Å².